The number of hydrogen-bond donors (Lipinski definition) is 1. The summed E-state index contributed by atoms with van der Waals surface area (Å²) in [5.41, 5.74) is 1.08. The molecule has 2 nitrogen and oxygen atoms in total. The predicted octanol–water partition coefficient (Wildman–Crippen LogP) is 3.34. The number of unbranched alkanes of at least 4 members (excludes halogenated alkanes) is 1. The van der Waals surface area contributed by atoms with E-state index in [1.807, 2.05) is 30.3 Å². The van der Waals surface area contributed by atoms with E-state index in [0.29, 0.717) is 18.7 Å². The Morgan fingerprint density at radius 3 is 2.50 bits per heavy atom. The fourth-order valence-corrected chi connectivity index (χ4v) is 1.89. The summed E-state index contributed by atoms with van der Waals surface area (Å²) < 4.78 is 0. The molecule has 0 heterocycles. The van der Waals surface area contributed by atoms with Gasteiger partial charge in [-0.25, -0.2) is 0 Å². The first-order valence-corrected chi connectivity index (χ1v) is 6.10. The van der Waals surface area contributed by atoms with Gasteiger partial charge in [-0.1, -0.05) is 36.8 Å². The molecule has 1 rings (SSSR count). The summed E-state index contributed by atoms with van der Waals surface area (Å²) in [6, 6.07) is 9.75. The van der Waals surface area contributed by atoms with E-state index < -0.39 is 5.97 Å². The topological polar surface area (TPSA) is 37.3 Å². The third-order valence-electron chi connectivity index (χ3n) is 2.61. The highest BCUT2D eigenvalue weighted by molar-refractivity contribution is 6.17. The van der Waals surface area contributed by atoms with Crippen molar-refractivity contribution >= 4 is 17.6 Å². The smallest absolute Gasteiger partial charge is 0.306 e. The van der Waals surface area contributed by atoms with Gasteiger partial charge in [0.05, 0.1) is 5.92 Å². The van der Waals surface area contributed by atoms with Crippen LogP contribution >= 0.6 is 11.6 Å². The third-order valence-corrected chi connectivity index (χ3v) is 2.88. The third kappa shape index (κ3) is 4.67. The molecule has 1 aromatic carbocycles. The molecule has 0 aromatic heterocycles. The molecule has 0 radical (unpaired) electrons. The molecule has 1 atom stereocenters. The van der Waals surface area contributed by atoms with E-state index in [0.717, 1.165) is 18.4 Å². The van der Waals surface area contributed by atoms with Crippen LogP contribution in [0.25, 0.3) is 0 Å². The minimum Gasteiger partial charge on any atom is -0.481 e. The van der Waals surface area contributed by atoms with E-state index >= 15 is 0 Å². The van der Waals surface area contributed by atoms with Crippen LogP contribution in [0, 0.1) is 5.92 Å². The molecule has 0 bridgehead atoms. The Kier molecular flexibility index (Phi) is 5.94. The molecule has 1 aromatic rings. The number of benzene rings is 1. The number of hydrogen-bond acceptors (Lipinski definition) is 1. The minimum absolute atomic E-state index is 0.286. The summed E-state index contributed by atoms with van der Waals surface area (Å²) in [6.07, 6.45) is 3.09. The van der Waals surface area contributed by atoms with Crippen LogP contribution in [0.1, 0.15) is 24.8 Å². The lowest BCUT2D eigenvalue weighted by molar-refractivity contribution is -0.141. The Hall–Kier alpha value is -1.02. The van der Waals surface area contributed by atoms with Gasteiger partial charge in [-0.15, -0.1) is 11.6 Å². The molecule has 1 unspecified atom stereocenters. The van der Waals surface area contributed by atoms with Crippen molar-refractivity contribution in [2.24, 2.45) is 5.92 Å². The van der Waals surface area contributed by atoms with Crippen molar-refractivity contribution in [2.75, 3.05) is 5.88 Å². The lowest BCUT2D eigenvalue weighted by Crippen LogP contribution is -2.16. The molecule has 0 fully saturated rings. The number of halogens is 1. The number of carbonyl (C=O) groups is 1. The molecule has 0 spiro atoms. The summed E-state index contributed by atoms with van der Waals surface area (Å²) in [6.45, 7) is 0. The van der Waals surface area contributed by atoms with Crippen molar-refractivity contribution in [1.82, 2.24) is 0 Å². The second-order valence-electron chi connectivity index (χ2n) is 3.91. The van der Waals surface area contributed by atoms with Crippen LogP contribution in [-0.2, 0) is 11.2 Å². The van der Waals surface area contributed by atoms with Crippen LogP contribution in [0.4, 0.5) is 0 Å². The monoisotopic (exact) mass is 240 g/mol. The maximum absolute atomic E-state index is 11.1. The quantitative estimate of drug-likeness (QED) is 0.586. The van der Waals surface area contributed by atoms with Crippen molar-refractivity contribution < 1.29 is 9.90 Å². The Labute approximate surface area is 101 Å². The average Bonchev–Trinajstić information content (AvgIpc) is 2.29. The first-order chi connectivity index (χ1) is 7.74. The van der Waals surface area contributed by atoms with E-state index in [9.17, 15) is 4.79 Å². The van der Waals surface area contributed by atoms with Gasteiger partial charge in [-0.2, -0.15) is 0 Å². The van der Waals surface area contributed by atoms with Crippen molar-refractivity contribution in [1.29, 1.82) is 0 Å². The second-order valence-corrected chi connectivity index (χ2v) is 4.29. The van der Waals surface area contributed by atoms with Gasteiger partial charge >= 0.3 is 5.97 Å². The zero-order valence-corrected chi connectivity index (χ0v) is 9.99. The zero-order valence-electron chi connectivity index (χ0n) is 9.23. The molecule has 0 saturated carbocycles. The first-order valence-electron chi connectivity index (χ1n) is 5.56. The molecule has 16 heavy (non-hydrogen) atoms. The fourth-order valence-electron chi connectivity index (χ4n) is 1.70. The largest absolute Gasteiger partial charge is 0.481 e. The molecule has 0 aliphatic rings. The molecule has 0 aliphatic carbocycles. The van der Waals surface area contributed by atoms with Crippen LogP contribution in [-0.4, -0.2) is 17.0 Å². The molecular formula is C13H17ClO2. The molecular weight excluding hydrogens is 224 g/mol. The Morgan fingerprint density at radius 1 is 1.25 bits per heavy atom. The van der Waals surface area contributed by atoms with Gasteiger partial charge < -0.3 is 5.11 Å². The molecule has 0 aliphatic heterocycles. The van der Waals surface area contributed by atoms with Crippen LogP contribution in [0.3, 0.4) is 0 Å². The van der Waals surface area contributed by atoms with Crippen LogP contribution in [0.15, 0.2) is 30.3 Å². The summed E-state index contributed by atoms with van der Waals surface area (Å²) >= 11 is 5.58. The molecule has 0 saturated heterocycles. The molecule has 1 N–H and O–H groups in total. The van der Waals surface area contributed by atoms with Crippen LogP contribution < -0.4 is 0 Å². The summed E-state index contributed by atoms with van der Waals surface area (Å²) in [4.78, 5) is 11.1. The van der Waals surface area contributed by atoms with Gasteiger partial charge in [0.25, 0.3) is 0 Å². The van der Waals surface area contributed by atoms with E-state index in [1.165, 1.54) is 0 Å². The van der Waals surface area contributed by atoms with Gasteiger partial charge in [0.15, 0.2) is 0 Å². The Balaban J connectivity index is 2.48. The highest BCUT2D eigenvalue weighted by Gasteiger charge is 2.17. The SMILES string of the molecule is O=C(O)C(CCCCCl)Cc1ccccc1. The van der Waals surface area contributed by atoms with Crippen LogP contribution in [0.2, 0.25) is 0 Å². The highest BCUT2D eigenvalue weighted by atomic mass is 35.5. The van der Waals surface area contributed by atoms with Crippen molar-refractivity contribution in [3.8, 4) is 0 Å². The Morgan fingerprint density at radius 2 is 1.94 bits per heavy atom. The number of carboxylic acids is 1. The number of carboxylic acid groups (broad SMARTS) is 1. The van der Waals surface area contributed by atoms with E-state index in [2.05, 4.69) is 0 Å². The summed E-state index contributed by atoms with van der Waals surface area (Å²) in [7, 11) is 0. The first kappa shape index (κ1) is 13.0. The Bertz CT molecular complexity index is 311. The van der Waals surface area contributed by atoms with E-state index in [-0.39, 0.29) is 5.92 Å². The summed E-state index contributed by atoms with van der Waals surface area (Å²) in [5.74, 6) is -0.387. The van der Waals surface area contributed by atoms with E-state index in [1.54, 1.807) is 0 Å². The maximum atomic E-state index is 11.1. The van der Waals surface area contributed by atoms with E-state index in [4.69, 9.17) is 16.7 Å². The molecule has 0 amide bonds. The lowest BCUT2D eigenvalue weighted by Gasteiger charge is -2.11. The van der Waals surface area contributed by atoms with Gasteiger partial charge in [-0.3, -0.25) is 4.79 Å². The average molecular weight is 241 g/mol. The normalized spacial score (nSPS) is 12.3. The minimum atomic E-state index is -0.710. The van der Waals surface area contributed by atoms with Crippen molar-refractivity contribution in [3.05, 3.63) is 35.9 Å². The van der Waals surface area contributed by atoms with Crippen molar-refractivity contribution in [3.63, 3.8) is 0 Å². The summed E-state index contributed by atoms with van der Waals surface area (Å²) in [5, 5.41) is 9.10. The van der Waals surface area contributed by atoms with Gasteiger partial charge in [0.1, 0.15) is 0 Å². The maximum Gasteiger partial charge on any atom is 0.306 e. The fraction of sp³-hybridized carbons (Fsp3) is 0.462. The highest BCUT2D eigenvalue weighted by Crippen LogP contribution is 2.15. The van der Waals surface area contributed by atoms with Gasteiger partial charge in [0, 0.05) is 5.88 Å². The molecule has 88 valence electrons. The predicted molar refractivity (Wildman–Crippen MR) is 65.8 cm³/mol. The zero-order chi connectivity index (χ0) is 11.8. The lowest BCUT2D eigenvalue weighted by atomic mass is 9.94. The number of aliphatic carboxylic acids is 1. The van der Waals surface area contributed by atoms with Crippen molar-refractivity contribution in [2.45, 2.75) is 25.7 Å². The van der Waals surface area contributed by atoms with Crippen LogP contribution in [0.5, 0.6) is 0 Å². The second kappa shape index (κ2) is 7.29. The number of alkyl halides is 1. The molecule has 3 heteroatoms. The van der Waals surface area contributed by atoms with Gasteiger partial charge in [0.2, 0.25) is 0 Å². The number of rotatable bonds is 7. The standard InChI is InChI=1S/C13H17ClO2/c14-9-5-4-8-12(13(15)16)10-11-6-2-1-3-7-11/h1-3,6-7,12H,4-5,8-10H2,(H,15,16). The van der Waals surface area contributed by atoms with Gasteiger partial charge in [-0.05, 0) is 24.8 Å².